The van der Waals surface area contributed by atoms with Crippen LogP contribution in [-0.2, 0) is 35.6 Å². The molecular formula is C31H46N2O7. The number of nitrogens with one attached hydrogen (secondary N) is 1. The summed E-state index contributed by atoms with van der Waals surface area (Å²) < 4.78 is 24.5. The number of carbonyl (C=O) groups is 2. The lowest BCUT2D eigenvalue weighted by Crippen LogP contribution is -2.78. The van der Waals surface area contributed by atoms with Gasteiger partial charge in [-0.3, -0.25) is 14.9 Å². The molecule has 2 aliphatic heterocycles. The number of phenolic OH excluding ortho intramolecular Hbond substituents is 1. The molecule has 1 aromatic rings. The van der Waals surface area contributed by atoms with Crippen molar-refractivity contribution >= 4 is 11.9 Å². The maximum absolute atomic E-state index is 13.5. The smallest absolute Gasteiger partial charge is 0.323 e. The number of phenols is 1. The molecule has 1 aromatic carbocycles. The number of aromatic hydroxyl groups is 1. The summed E-state index contributed by atoms with van der Waals surface area (Å²) >= 11 is 0. The SMILES string of the molecule is CO[C@@]12CC[C@H](N[C@@H](CCC(=O)OC(C)(C)C)C(=O)OC(C)(C)C)[C@@H]3Oc4c(O)ccc5c4[C@@]31CCN(C)[C@@H]2C5. The first-order chi connectivity index (χ1) is 18.6. The number of rotatable bonds is 7. The molecule has 5 rings (SSSR count). The van der Waals surface area contributed by atoms with Crippen LogP contribution < -0.4 is 10.1 Å². The Bertz CT molecular complexity index is 1170. The fraction of sp³-hybridized carbons (Fsp3) is 0.742. The zero-order valence-electron chi connectivity index (χ0n) is 25.3. The maximum Gasteiger partial charge on any atom is 0.323 e. The van der Waals surface area contributed by atoms with Crippen molar-refractivity contribution in [2.24, 2.45) is 0 Å². The molecule has 2 N–H and O–H groups in total. The molecule has 2 heterocycles. The van der Waals surface area contributed by atoms with Gasteiger partial charge in [-0.05, 0) is 98.9 Å². The van der Waals surface area contributed by atoms with Crippen LogP contribution in [0.5, 0.6) is 11.5 Å². The Balaban J connectivity index is 1.48. The summed E-state index contributed by atoms with van der Waals surface area (Å²) in [5.41, 5.74) is 0.0244. The molecule has 1 spiro atoms. The minimum atomic E-state index is -0.728. The minimum Gasteiger partial charge on any atom is -0.504 e. The molecule has 2 fully saturated rings. The average molecular weight is 559 g/mol. The van der Waals surface area contributed by atoms with Gasteiger partial charge in [-0.1, -0.05) is 6.07 Å². The van der Waals surface area contributed by atoms with Crippen molar-refractivity contribution < 1.29 is 33.6 Å². The van der Waals surface area contributed by atoms with E-state index in [9.17, 15) is 14.7 Å². The third kappa shape index (κ3) is 4.68. The zero-order chi connectivity index (χ0) is 29.3. The molecular weight excluding hydrogens is 512 g/mol. The highest BCUT2D eigenvalue weighted by Crippen LogP contribution is 2.66. The van der Waals surface area contributed by atoms with Crippen molar-refractivity contribution in [3.63, 3.8) is 0 Å². The molecule has 6 atom stereocenters. The number of piperidine rings is 1. The highest BCUT2D eigenvalue weighted by atomic mass is 16.6. The maximum atomic E-state index is 13.5. The number of likely N-dealkylation sites (tertiary alicyclic amines) is 1. The molecule has 4 aliphatic rings. The van der Waals surface area contributed by atoms with Crippen LogP contribution in [-0.4, -0.2) is 83.7 Å². The largest absolute Gasteiger partial charge is 0.504 e. The second-order valence-corrected chi connectivity index (χ2v) is 14.0. The number of benzene rings is 1. The van der Waals surface area contributed by atoms with Gasteiger partial charge >= 0.3 is 11.9 Å². The predicted octanol–water partition coefficient (Wildman–Crippen LogP) is 3.62. The number of hydrogen-bond acceptors (Lipinski definition) is 9. The first kappa shape index (κ1) is 29.1. The van der Waals surface area contributed by atoms with Gasteiger partial charge in [0.25, 0.3) is 0 Å². The van der Waals surface area contributed by atoms with Gasteiger partial charge in [-0.25, -0.2) is 0 Å². The zero-order valence-corrected chi connectivity index (χ0v) is 25.3. The van der Waals surface area contributed by atoms with Gasteiger partial charge in [0.1, 0.15) is 23.3 Å². The Morgan fingerprint density at radius 3 is 2.50 bits per heavy atom. The molecule has 40 heavy (non-hydrogen) atoms. The second-order valence-electron chi connectivity index (χ2n) is 14.0. The number of ether oxygens (including phenoxy) is 4. The van der Waals surface area contributed by atoms with E-state index in [2.05, 4.69) is 17.3 Å². The molecule has 9 heteroatoms. The van der Waals surface area contributed by atoms with Crippen molar-refractivity contribution in [1.29, 1.82) is 0 Å². The fourth-order valence-corrected chi connectivity index (χ4v) is 7.87. The molecule has 9 nitrogen and oxygen atoms in total. The summed E-state index contributed by atoms with van der Waals surface area (Å²) in [6.45, 7) is 11.9. The predicted molar refractivity (Wildman–Crippen MR) is 150 cm³/mol. The molecule has 0 unspecified atom stereocenters. The molecule has 2 bridgehead atoms. The third-order valence-corrected chi connectivity index (χ3v) is 9.22. The molecule has 2 aliphatic carbocycles. The van der Waals surface area contributed by atoms with Crippen LogP contribution in [0.1, 0.15) is 84.8 Å². The summed E-state index contributed by atoms with van der Waals surface area (Å²) in [5, 5.41) is 14.5. The quantitative estimate of drug-likeness (QED) is 0.485. The van der Waals surface area contributed by atoms with E-state index >= 15 is 0 Å². The van der Waals surface area contributed by atoms with E-state index in [1.807, 2.05) is 47.6 Å². The lowest BCUT2D eigenvalue weighted by molar-refractivity contribution is -0.204. The highest BCUT2D eigenvalue weighted by molar-refractivity contribution is 5.78. The van der Waals surface area contributed by atoms with Gasteiger partial charge in [0.05, 0.1) is 11.0 Å². The standard InChI is InChI=1S/C31H46N2O7/c1-28(2,3)39-23(35)12-10-20(27(36)40-29(4,5)6)32-19-13-14-31(37-8)22-17-18-9-11-21(34)25-24(18)30(31,26(19)38-25)15-16-33(22)7/h9,11,19-20,22,26,32,34H,10,12-17H2,1-8H3/t19-,20-,22+,26-,30-,31+/m0/s1. The number of esters is 2. The van der Waals surface area contributed by atoms with Crippen LogP contribution >= 0.6 is 0 Å². The summed E-state index contributed by atoms with van der Waals surface area (Å²) in [6, 6.07) is 2.98. The lowest BCUT2D eigenvalue weighted by Gasteiger charge is -2.65. The Labute approximate surface area is 237 Å². The average Bonchev–Trinajstić information content (AvgIpc) is 3.20. The van der Waals surface area contributed by atoms with Gasteiger partial charge in [-0.15, -0.1) is 0 Å². The van der Waals surface area contributed by atoms with Crippen molar-refractivity contribution in [3.05, 3.63) is 23.3 Å². The van der Waals surface area contributed by atoms with Crippen LogP contribution in [0.3, 0.4) is 0 Å². The summed E-state index contributed by atoms with van der Waals surface area (Å²) in [4.78, 5) is 28.4. The van der Waals surface area contributed by atoms with Gasteiger partial charge in [0.15, 0.2) is 11.5 Å². The summed E-state index contributed by atoms with van der Waals surface area (Å²) in [6.07, 6.45) is 3.10. The van der Waals surface area contributed by atoms with E-state index in [-0.39, 0.29) is 42.7 Å². The van der Waals surface area contributed by atoms with Gasteiger partial charge in [0.2, 0.25) is 0 Å². The number of nitrogens with zero attached hydrogens (tertiary/aromatic N) is 1. The first-order valence-electron chi connectivity index (χ1n) is 14.6. The normalized spacial score (nSPS) is 31.6. The number of hydrogen-bond donors (Lipinski definition) is 2. The monoisotopic (exact) mass is 558 g/mol. The van der Waals surface area contributed by atoms with Gasteiger partial charge in [-0.2, -0.15) is 0 Å². The van der Waals surface area contributed by atoms with Crippen LogP contribution in [0.25, 0.3) is 0 Å². The van der Waals surface area contributed by atoms with E-state index in [0.717, 1.165) is 31.4 Å². The minimum absolute atomic E-state index is 0.0810. The first-order valence-corrected chi connectivity index (χ1v) is 14.6. The van der Waals surface area contributed by atoms with Crippen molar-refractivity contribution in [1.82, 2.24) is 10.2 Å². The Morgan fingerprint density at radius 1 is 1.15 bits per heavy atom. The number of methoxy groups -OCH3 is 1. The molecule has 0 radical (unpaired) electrons. The third-order valence-electron chi connectivity index (χ3n) is 9.22. The van der Waals surface area contributed by atoms with E-state index in [0.29, 0.717) is 12.2 Å². The van der Waals surface area contributed by atoms with Crippen molar-refractivity contribution in [2.75, 3.05) is 20.7 Å². The van der Waals surface area contributed by atoms with Crippen LogP contribution in [0.4, 0.5) is 0 Å². The van der Waals surface area contributed by atoms with Crippen molar-refractivity contribution in [3.8, 4) is 11.5 Å². The molecule has 0 aromatic heterocycles. The molecule has 1 saturated carbocycles. The van der Waals surface area contributed by atoms with E-state index in [1.54, 1.807) is 13.2 Å². The van der Waals surface area contributed by atoms with Gasteiger partial charge < -0.3 is 29.0 Å². The topological polar surface area (TPSA) is 107 Å². The Hall–Kier alpha value is -2.36. The summed E-state index contributed by atoms with van der Waals surface area (Å²) in [7, 11) is 3.96. The number of carbonyl (C=O) groups excluding carboxylic acids is 2. The van der Waals surface area contributed by atoms with Crippen LogP contribution in [0, 0.1) is 0 Å². The second kappa shape index (κ2) is 9.88. The Kier molecular flexibility index (Phi) is 7.20. The van der Waals surface area contributed by atoms with Crippen molar-refractivity contribution in [2.45, 2.75) is 127 Å². The van der Waals surface area contributed by atoms with E-state index < -0.39 is 34.2 Å². The van der Waals surface area contributed by atoms with E-state index in [4.69, 9.17) is 18.9 Å². The lowest BCUT2D eigenvalue weighted by atomic mass is 9.48. The molecule has 1 saturated heterocycles. The van der Waals surface area contributed by atoms with Crippen LogP contribution in [0.2, 0.25) is 0 Å². The molecule has 0 amide bonds. The summed E-state index contributed by atoms with van der Waals surface area (Å²) in [5.74, 6) is -0.0745. The number of likely N-dealkylation sites (N-methyl/N-ethyl adjacent to an activating group) is 1. The fourth-order valence-electron chi connectivity index (χ4n) is 7.87. The highest BCUT2D eigenvalue weighted by Gasteiger charge is 2.73. The van der Waals surface area contributed by atoms with Crippen LogP contribution in [0.15, 0.2) is 12.1 Å². The van der Waals surface area contributed by atoms with E-state index in [1.165, 1.54) is 5.56 Å². The Morgan fingerprint density at radius 2 is 1.85 bits per heavy atom. The van der Waals surface area contributed by atoms with Gasteiger partial charge in [0, 0.05) is 31.2 Å². The molecule has 222 valence electrons.